The first-order valence-corrected chi connectivity index (χ1v) is 7.61. The fourth-order valence-corrected chi connectivity index (χ4v) is 2.76. The SMILES string of the molecule is C[C@H]1CCCC[C@H]1NC(=S)NNc1ccc(C(=O)[O-])cc1. The van der Waals surface area contributed by atoms with Crippen LogP contribution in [-0.4, -0.2) is 17.1 Å². The highest BCUT2D eigenvalue weighted by Crippen LogP contribution is 2.23. The van der Waals surface area contributed by atoms with Gasteiger partial charge in [0.15, 0.2) is 5.11 Å². The number of carbonyl (C=O) groups excluding carboxylic acids is 1. The zero-order chi connectivity index (χ0) is 15.2. The molecule has 21 heavy (non-hydrogen) atoms. The van der Waals surface area contributed by atoms with E-state index in [1.54, 1.807) is 12.1 Å². The molecular weight excluding hydrogens is 286 g/mol. The zero-order valence-electron chi connectivity index (χ0n) is 12.0. The van der Waals surface area contributed by atoms with Gasteiger partial charge in [0.1, 0.15) is 0 Å². The van der Waals surface area contributed by atoms with Crippen molar-refractivity contribution in [1.29, 1.82) is 0 Å². The largest absolute Gasteiger partial charge is 0.545 e. The third-order valence-electron chi connectivity index (χ3n) is 3.87. The van der Waals surface area contributed by atoms with Crippen LogP contribution in [-0.2, 0) is 0 Å². The van der Waals surface area contributed by atoms with Crippen molar-refractivity contribution in [3.63, 3.8) is 0 Å². The second kappa shape index (κ2) is 7.26. The monoisotopic (exact) mass is 306 g/mol. The van der Waals surface area contributed by atoms with E-state index < -0.39 is 5.97 Å². The molecule has 0 radical (unpaired) electrons. The molecule has 5 nitrogen and oxygen atoms in total. The molecule has 1 aliphatic rings. The van der Waals surface area contributed by atoms with Crippen LogP contribution in [0.25, 0.3) is 0 Å². The predicted molar refractivity (Wildman–Crippen MR) is 84.7 cm³/mol. The number of anilines is 1. The first-order chi connectivity index (χ1) is 10.1. The van der Waals surface area contributed by atoms with Crippen LogP contribution in [0.4, 0.5) is 5.69 Å². The number of benzene rings is 1. The molecule has 0 bridgehead atoms. The standard InChI is InChI=1S/C15H21N3O2S/c1-10-4-2-3-5-13(10)16-15(21)18-17-12-8-6-11(7-9-12)14(19)20/h6-10,13,17H,2-5H2,1H3,(H,19,20)(H2,16,18,21)/p-1/t10-,13+/m0/s1. The minimum Gasteiger partial charge on any atom is -0.545 e. The fraction of sp³-hybridized carbons (Fsp3) is 0.467. The van der Waals surface area contributed by atoms with Crippen molar-refractivity contribution >= 4 is 29.0 Å². The first kappa shape index (κ1) is 15.6. The highest BCUT2D eigenvalue weighted by Gasteiger charge is 2.21. The summed E-state index contributed by atoms with van der Waals surface area (Å²) < 4.78 is 0. The van der Waals surface area contributed by atoms with E-state index in [0.717, 1.165) is 12.1 Å². The smallest absolute Gasteiger partial charge is 0.185 e. The topological polar surface area (TPSA) is 76.2 Å². The molecule has 0 saturated heterocycles. The van der Waals surface area contributed by atoms with Crippen molar-refractivity contribution in [3.05, 3.63) is 29.8 Å². The second-order valence-electron chi connectivity index (χ2n) is 5.46. The number of carboxylic acids is 1. The Labute approximate surface area is 130 Å². The number of hydrogen-bond acceptors (Lipinski definition) is 4. The quantitative estimate of drug-likeness (QED) is 0.577. The van der Waals surface area contributed by atoms with Crippen molar-refractivity contribution in [3.8, 4) is 0 Å². The summed E-state index contributed by atoms with van der Waals surface area (Å²) in [6.07, 6.45) is 4.91. The Morgan fingerprint density at radius 1 is 1.24 bits per heavy atom. The molecular formula is C15H20N3O2S-. The number of thiocarbonyl (C=S) groups is 1. The van der Waals surface area contributed by atoms with Gasteiger partial charge in [0, 0.05) is 6.04 Å². The fourth-order valence-electron chi connectivity index (χ4n) is 2.55. The lowest BCUT2D eigenvalue weighted by atomic mass is 9.86. The molecule has 114 valence electrons. The van der Waals surface area contributed by atoms with E-state index >= 15 is 0 Å². The summed E-state index contributed by atoms with van der Waals surface area (Å²) in [4.78, 5) is 10.7. The maximum atomic E-state index is 10.7. The minimum atomic E-state index is -1.18. The third kappa shape index (κ3) is 4.60. The lowest BCUT2D eigenvalue weighted by Crippen LogP contribution is -2.47. The average molecular weight is 306 g/mol. The van der Waals surface area contributed by atoms with E-state index in [4.69, 9.17) is 12.2 Å². The van der Waals surface area contributed by atoms with Gasteiger partial charge in [-0.1, -0.05) is 31.9 Å². The Kier molecular flexibility index (Phi) is 5.38. The normalized spacial score (nSPS) is 21.4. The van der Waals surface area contributed by atoms with E-state index in [9.17, 15) is 9.90 Å². The van der Waals surface area contributed by atoms with Gasteiger partial charge in [-0.05, 0) is 48.7 Å². The van der Waals surface area contributed by atoms with Gasteiger partial charge in [-0.25, -0.2) is 0 Å². The van der Waals surface area contributed by atoms with Crippen molar-refractivity contribution in [2.45, 2.75) is 38.6 Å². The van der Waals surface area contributed by atoms with Gasteiger partial charge < -0.3 is 15.2 Å². The Morgan fingerprint density at radius 2 is 1.90 bits per heavy atom. The summed E-state index contributed by atoms with van der Waals surface area (Å²) >= 11 is 5.27. The molecule has 1 aromatic rings. The Morgan fingerprint density at radius 3 is 2.52 bits per heavy atom. The van der Waals surface area contributed by atoms with E-state index in [1.807, 2.05) is 0 Å². The molecule has 0 heterocycles. The van der Waals surface area contributed by atoms with Crippen LogP contribution in [0.15, 0.2) is 24.3 Å². The Balaban J connectivity index is 1.79. The molecule has 3 N–H and O–H groups in total. The number of carboxylic acid groups (broad SMARTS) is 1. The number of nitrogens with one attached hydrogen (secondary N) is 3. The van der Waals surface area contributed by atoms with E-state index in [0.29, 0.717) is 17.1 Å². The third-order valence-corrected chi connectivity index (χ3v) is 4.09. The molecule has 0 aliphatic heterocycles. The van der Waals surface area contributed by atoms with Gasteiger partial charge in [-0.2, -0.15) is 0 Å². The minimum absolute atomic E-state index is 0.150. The van der Waals surface area contributed by atoms with Crippen LogP contribution in [0.5, 0.6) is 0 Å². The number of hydrazine groups is 1. The van der Waals surface area contributed by atoms with Crippen molar-refractivity contribution in [2.24, 2.45) is 5.92 Å². The van der Waals surface area contributed by atoms with Crippen LogP contribution in [0.1, 0.15) is 43.0 Å². The number of hydrogen-bond donors (Lipinski definition) is 3. The number of rotatable bonds is 4. The molecule has 2 atom stereocenters. The number of carbonyl (C=O) groups is 1. The maximum absolute atomic E-state index is 10.7. The molecule has 0 unspecified atom stereocenters. The van der Waals surface area contributed by atoms with Gasteiger partial charge in [0.25, 0.3) is 0 Å². The zero-order valence-corrected chi connectivity index (χ0v) is 12.8. The van der Waals surface area contributed by atoms with Crippen LogP contribution in [0, 0.1) is 5.92 Å². The highest BCUT2D eigenvalue weighted by atomic mass is 32.1. The molecule has 1 aromatic carbocycles. The first-order valence-electron chi connectivity index (χ1n) is 7.20. The Bertz CT molecular complexity index is 504. The molecule has 0 aromatic heterocycles. The van der Waals surface area contributed by atoms with E-state index in [2.05, 4.69) is 23.1 Å². The van der Waals surface area contributed by atoms with Gasteiger partial charge in [0.2, 0.25) is 0 Å². The molecule has 1 fully saturated rings. The van der Waals surface area contributed by atoms with E-state index in [1.165, 1.54) is 31.4 Å². The molecule has 0 amide bonds. The van der Waals surface area contributed by atoms with Gasteiger partial charge in [0.05, 0.1) is 11.7 Å². The summed E-state index contributed by atoms with van der Waals surface area (Å²) in [5.41, 5.74) is 6.76. The molecule has 0 spiro atoms. The summed E-state index contributed by atoms with van der Waals surface area (Å²) in [5, 5.41) is 14.5. The van der Waals surface area contributed by atoms with E-state index in [-0.39, 0.29) is 5.56 Å². The van der Waals surface area contributed by atoms with Crippen LogP contribution < -0.4 is 21.3 Å². The maximum Gasteiger partial charge on any atom is 0.185 e. The second-order valence-corrected chi connectivity index (χ2v) is 5.86. The summed E-state index contributed by atoms with van der Waals surface area (Å²) in [5.74, 6) is -0.557. The van der Waals surface area contributed by atoms with Gasteiger partial charge in [-0.15, -0.1) is 0 Å². The summed E-state index contributed by atoms with van der Waals surface area (Å²) in [6, 6.07) is 6.70. The van der Waals surface area contributed by atoms with Crippen LogP contribution >= 0.6 is 12.2 Å². The lowest BCUT2D eigenvalue weighted by Gasteiger charge is -2.30. The Hall–Kier alpha value is -1.82. The predicted octanol–water partition coefficient (Wildman–Crippen LogP) is 1.42. The van der Waals surface area contributed by atoms with Gasteiger partial charge in [-0.3, -0.25) is 10.9 Å². The molecule has 1 aliphatic carbocycles. The highest BCUT2D eigenvalue weighted by molar-refractivity contribution is 7.80. The molecule has 6 heteroatoms. The lowest BCUT2D eigenvalue weighted by molar-refractivity contribution is -0.255. The van der Waals surface area contributed by atoms with Crippen LogP contribution in [0.2, 0.25) is 0 Å². The summed E-state index contributed by atoms with van der Waals surface area (Å²) in [7, 11) is 0. The van der Waals surface area contributed by atoms with Crippen molar-refractivity contribution < 1.29 is 9.90 Å². The average Bonchev–Trinajstić information content (AvgIpc) is 2.48. The van der Waals surface area contributed by atoms with Crippen molar-refractivity contribution in [1.82, 2.24) is 10.7 Å². The molecule has 1 saturated carbocycles. The summed E-state index contributed by atoms with van der Waals surface area (Å²) in [6.45, 7) is 2.24. The number of aromatic carboxylic acids is 1. The van der Waals surface area contributed by atoms with Gasteiger partial charge >= 0.3 is 0 Å². The molecule has 2 rings (SSSR count). The van der Waals surface area contributed by atoms with Crippen LogP contribution in [0.3, 0.4) is 0 Å². The van der Waals surface area contributed by atoms with Crippen molar-refractivity contribution in [2.75, 3.05) is 5.43 Å².